The van der Waals surface area contributed by atoms with Crippen molar-refractivity contribution in [3.63, 3.8) is 0 Å². The second-order valence-corrected chi connectivity index (χ2v) is 8.73. The highest BCUT2D eigenvalue weighted by molar-refractivity contribution is 5.65. The molecule has 1 unspecified atom stereocenters. The van der Waals surface area contributed by atoms with Crippen molar-refractivity contribution >= 4 is 0 Å². The van der Waals surface area contributed by atoms with Crippen LogP contribution in [0.1, 0.15) is 37.3 Å². The van der Waals surface area contributed by atoms with E-state index in [1.807, 2.05) is 19.5 Å². The molecular weight excluding hydrogens is 352 g/mol. The van der Waals surface area contributed by atoms with Crippen LogP contribution < -0.4 is 11.1 Å². The third-order valence-corrected chi connectivity index (χ3v) is 7.32. The molecule has 6 heteroatoms. The summed E-state index contributed by atoms with van der Waals surface area (Å²) in [5.41, 5.74) is 10.9. The zero-order valence-electron chi connectivity index (χ0n) is 16.5. The number of aromatic nitrogens is 2. The quantitative estimate of drug-likeness (QED) is 0.833. The number of nitrogens with zero attached hydrogens (tertiary/aromatic N) is 2. The van der Waals surface area contributed by atoms with Gasteiger partial charge in [0.1, 0.15) is 6.33 Å². The molecule has 1 aromatic carbocycles. The molecule has 0 amide bonds. The third-order valence-electron chi connectivity index (χ3n) is 7.32. The summed E-state index contributed by atoms with van der Waals surface area (Å²) in [4.78, 5) is 8.36. The highest BCUT2D eigenvalue weighted by Gasteiger charge is 2.62. The van der Waals surface area contributed by atoms with Crippen molar-refractivity contribution in [2.45, 2.75) is 50.6 Å². The maximum absolute atomic E-state index is 6.20. The molecule has 1 aliphatic heterocycles. The van der Waals surface area contributed by atoms with Crippen LogP contribution >= 0.6 is 0 Å². The monoisotopic (exact) mass is 380 g/mol. The molecule has 2 fully saturated rings. The fraction of sp³-hybridized carbons (Fsp3) is 0.545. The average molecular weight is 380 g/mol. The topological polar surface area (TPSA) is 82.3 Å². The molecule has 28 heavy (non-hydrogen) atoms. The van der Waals surface area contributed by atoms with Gasteiger partial charge in [-0.2, -0.15) is 0 Å². The number of benzene rings is 1. The summed E-state index contributed by atoms with van der Waals surface area (Å²) in [5, 5.41) is 3.66. The molecule has 3 aliphatic rings. The molecule has 2 aromatic rings. The molecule has 2 spiro atoms. The normalized spacial score (nSPS) is 36.9. The van der Waals surface area contributed by atoms with Crippen molar-refractivity contribution in [1.82, 2.24) is 15.3 Å². The molecular formula is C22H28N4O2. The van der Waals surface area contributed by atoms with Crippen LogP contribution in [0.15, 0.2) is 36.9 Å². The molecule has 148 valence electrons. The molecule has 0 bridgehead atoms. The minimum absolute atomic E-state index is 0.101. The maximum Gasteiger partial charge on any atom is 0.161 e. The molecule has 3 N–H and O–H groups in total. The highest BCUT2D eigenvalue weighted by Crippen LogP contribution is 2.60. The standard InChI is InChI=1S/C22H28N4O2/c1-14-8-21(6-5-19(14)27-2)9-16-4-3-15(17-10-24-13-25-11-17)7-18(16)22(21)12-28-20(23)26-22/h3-4,7,10-11,13-14,19-20,26H,5-6,8-9,12,23H2,1-2H3/t14-,19-,20?,21-,22-/m0/s1. The van der Waals surface area contributed by atoms with Crippen LogP contribution in [0.4, 0.5) is 0 Å². The van der Waals surface area contributed by atoms with Gasteiger partial charge in [0.15, 0.2) is 6.35 Å². The molecule has 5 rings (SSSR count). The van der Waals surface area contributed by atoms with Crippen LogP contribution in [-0.4, -0.2) is 36.1 Å². The number of methoxy groups -OCH3 is 1. The number of hydrogen-bond donors (Lipinski definition) is 2. The van der Waals surface area contributed by atoms with Crippen molar-refractivity contribution in [2.24, 2.45) is 17.1 Å². The van der Waals surface area contributed by atoms with E-state index in [2.05, 4.69) is 40.4 Å². The van der Waals surface area contributed by atoms with Gasteiger partial charge in [0.05, 0.1) is 18.2 Å². The summed E-state index contributed by atoms with van der Waals surface area (Å²) in [7, 11) is 1.83. The van der Waals surface area contributed by atoms with Crippen LogP contribution in [0, 0.1) is 11.3 Å². The van der Waals surface area contributed by atoms with E-state index in [0.717, 1.165) is 36.8 Å². The van der Waals surface area contributed by atoms with E-state index in [1.165, 1.54) is 11.1 Å². The fourth-order valence-electron chi connectivity index (χ4n) is 6.01. The van der Waals surface area contributed by atoms with Gasteiger partial charge in [-0.15, -0.1) is 0 Å². The highest BCUT2D eigenvalue weighted by atomic mass is 16.5. The smallest absolute Gasteiger partial charge is 0.161 e. The zero-order chi connectivity index (χ0) is 19.4. The number of fused-ring (bicyclic) bond motifs is 3. The zero-order valence-corrected chi connectivity index (χ0v) is 16.5. The Labute approximate surface area is 165 Å². The van der Waals surface area contributed by atoms with Gasteiger partial charge in [-0.3, -0.25) is 11.1 Å². The summed E-state index contributed by atoms with van der Waals surface area (Å²) >= 11 is 0. The van der Waals surface area contributed by atoms with Gasteiger partial charge in [0.25, 0.3) is 0 Å². The van der Waals surface area contributed by atoms with Crippen molar-refractivity contribution in [1.29, 1.82) is 0 Å². The lowest BCUT2D eigenvalue weighted by Crippen LogP contribution is -2.57. The second kappa shape index (κ2) is 6.59. The first kappa shape index (κ1) is 18.2. The third kappa shape index (κ3) is 2.55. The SMILES string of the molecule is CO[C@H]1CC[C@@]2(Cc3ccc(-c4cncnc4)cc3[C@@]23COC(N)N3)C[C@@H]1C. The lowest BCUT2D eigenvalue weighted by molar-refractivity contribution is -0.0473. The Morgan fingerprint density at radius 2 is 2.07 bits per heavy atom. The molecule has 2 heterocycles. The Kier molecular flexibility index (Phi) is 4.28. The average Bonchev–Trinajstić information content (AvgIpc) is 3.22. The molecule has 1 saturated carbocycles. The number of hydrogen-bond acceptors (Lipinski definition) is 6. The minimum atomic E-state index is -0.429. The minimum Gasteiger partial charge on any atom is -0.381 e. The Morgan fingerprint density at radius 3 is 2.75 bits per heavy atom. The second-order valence-electron chi connectivity index (χ2n) is 8.73. The Balaban J connectivity index is 1.60. The van der Waals surface area contributed by atoms with E-state index in [4.69, 9.17) is 15.2 Å². The molecule has 1 saturated heterocycles. The first-order valence-electron chi connectivity index (χ1n) is 10.1. The van der Waals surface area contributed by atoms with Crippen molar-refractivity contribution in [2.75, 3.05) is 13.7 Å². The Morgan fingerprint density at radius 1 is 1.25 bits per heavy atom. The molecule has 1 aromatic heterocycles. The van der Waals surface area contributed by atoms with E-state index >= 15 is 0 Å². The number of rotatable bonds is 2. The lowest BCUT2D eigenvalue weighted by atomic mass is 9.59. The van der Waals surface area contributed by atoms with Gasteiger partial charge in [-0.25, -0.2) is 9.97 Å². The van der Waals surface area contributed by atoms with Gasteiger partial charge >= 0.3 is 0 Å². The number of nitrogens with two attached hydrogens (primary N) is 1. The maximum atomic E-state index is 6.20. The lowest BCUT2D eigenvalue weighted by Gasteiger charge is -2.50. The van der Waals surface area contributed by atoms with Gasteiger partial charge in [-0.1, -0.05) is 19.1 Å². The predicted molar refractivity (Wildman–Crippen MR) is 106 cm³/mol. The molecule has 2 aliphatic carbocycles. The van der Waals surface area contributed by atoms with Gasteiger partial charge < -0.3 is 9.47 Å². The predicted octanol–water partition coefficient (Wildman–Crippen LogP) is 2.58. The van der Waals surface area contributed by atoms with Crippen molar-refractivity contribution in [3.05, 3.63) is 48.0 Å². The molecule has 0 radical (unpaired) electrons. The first-order chi connectivity index (χ1) is 13.6. The van der Waals surface area contributed by atoms with Crippen molar-refractivity contribution in [3.8, 4) is 11.1 Å². The fourth-order valence-corrected chi connectivity index (χ4v) is 6.01. The van der Waals surface area contributed by atoms with Crippen LogP contribution in [0.25, 0.3) is 11.1 Å². The number of nitrogens with one attached hydrogen (secondary N) is 1. The Bertz CT molecular complexity index is 876. The van der Waals surface area contributed by atoms with E-state index in [1.54, 1.807) is 6.33 Å². The van der Waals surface area contributed by atoms with Gasteiger partial charge in [0.2, 0.25) is 0 Å². The number of ether oxygens (including phenoxy) is 2. The largest absolute Gasteiger partial charge is 0.381 e. The summed E-state index contributed by atoms with van der Waals surface area (Å²) in [5.74, 6) is 0.505. The van der Waals surface area contributed by atoms with Gasteiger partial charge in [-0.05, 0) is 59.8 Å². The van der Waals surface area contributed by atoms with Crippen molar-refractivity contribution < 1.29 is 9.47 Å². The van der Waals surface area contributed by atoms with Crippen LogP contribution in [-0.2, 0) is 21.4 Å². The summed E-state index contributed by atoms with van der Waals surface area (Å²) in [6.07, 6.45) is 9.53. The van der Waals surface area contributed by atoms with Crippen LogP contribution in [0.2, 0.25) is 0 Å². The van der Waals surface area contributed by atoms with E-state index in [0.29, 0.717) is 18.6 Å². The first-order valence-corrected chi connectivity index (χ1v) is 10.1. The van der Waals surface area contributed by atoms with Crippen LogP contribution in [0.3, 0.4) is 0 Å². The van der Waals surface area contributed by atoms with E-state index in [9.17, 15) is 0 Å². The Hall–Kier alpha value is -1.86. The molecule has 6 nitrogen and oxygen atoms in total. The van der Waals surface area contributed by atoms with Gasteiger partial charge in [0, 0.05) is 25.1 Å². The summed E-state index contributed by atoms with van der Waals surface area (Å²) < 4.78 is 11.7. The van der Waals surface area contributed by atoms with Crippen LogP contribution in [0.5, 0.6) is 0 Å². The molecule has 5 atom stereocenters. The summed E-state index contributed by atoms with van der Waals surface area (Å²) in [6.45, 7) is 2.93. The summed E-state index contributed by atoms with van der Waals surface area (Å²) in [6, 6.07) is 6.75. The van der Waals surface area contributed by atoms with E-state index in [-0.39, 0.29) is 11.0 Å². The van der Waals surface area contributed by atoms with E-state index < -0.39 is 6.35 Å².